The first-order chi connectivity index (χ1) is 5.61. The van der Waals surface area contributed by atoms with E-state index in [0.717, 1.165) is 0 Å². The molecule has 0 aromatic heterocycles. The van der Waals surface area contributed by atoms with Crippen molar-refractivity contribution in [1.29, 1.82) is 0 Å². The summed E-state index contributed by atoms with van der Waals surface area (Å²) in [6.07, 6.45) is 1.53. The van der Waals surface area contributed by atoms with Gasteiger partial charge >= 0.3 is 0 Å². The predicted molar refractivity (Wildman–Crippen MR) is 48.3 cm³/mol. The van der Waals surface area contributed by atoms with Crippen LogP contribution in [0.1, 0.15) is 5.56 Å². The summed E-state index contributed by atoms with van der Waals surface area (Å²) in [6.45, 7) is 0. The molecule has 0 saturated heterocycles. The average molecular weight is 184 g/mol. The predicted octanol–water partition coefficient (Wildman–Crippen LogP) is 2.49. The van der Waals surface area contributed by atoms with Gasteiger partial charge in [-0.25, -0.2) is 0 Å². The Morgan fingerprint density at radius 3 is 2.58 bits per heavy atom. The maximum Gasteiger partial charge on any atom is 0.124 e. The number of aromatic hydroxyl groups is 1. The van der Waals surface area contributed by atoms with Gasteiger partial charge in [-0.05, 0) is 18.2 Å². The first-order valence-electron chi connectivity index (χ1n) is 3.39. The fourth-order valence-electron chi connectivity index (χ4n) is 1.20. The van der Waals surface area contributed by atoms with Gasteiger partial charge in [0.25, 0.3) is 0 Å². The summed E-state index contributed by atoms with van der Waals surface area (Å²) in [5.41, 5.74) is 0.512. The Bertz CT molecular complexity index is 357. The Labute approximate surface area is 71.3 Å². The van der Waals surface area contributed by atoms with Crippen LogP contribution in [0.4, 0.5) is 0 Å². The Balaban J connectivity index is 2.68. The van der Waals surface area contributed by atoms with Gasteiger partial charge in [-0.1, -0.05) is 6.07 Å². The topological polar surface area (TPSA) is 60.7 Å². The Morgan fingerprint density at radius 2 is 1.92 bits per heavy atom. The van der Waals surface area contributed by atoms with Gasteiger partial charge in [0, 0.05) is 11.0 Å². The van der Waals surface area contributed by atoms with Crippen LogP contribution in [0.2, 0.25) is 0 Å². The molecule has 0 fully saturated rings. The standard InChI is InChI=1S/C8H8O3S/c9-7-2-1-3-8-6(7)4-5-12(8,10)11/h1-5,9-11H. The highest BCUT2D eigenvalue weighted by atomic mass is 32.3. The second-order valence-electron chi connectivity index (χ2n) is 2.58. The molecule has 0 atom stereocenters. The van der Waals surface area contributed by atoms with Crippen LogP contribution in [0.3, 0.4) is 0 Å². The van der Waals surface area contributed by atoms with Crippen molar-refractivity contribution >= 4 is 16.7 Å². The van der Waals surface area contributed by atoms with Crippen molar-refractivity contribution in [2.75, 3.05) is 0 Å². The van der Waals surface area contributed by atoms with E-state index in [1.54, 1.807) is 12.1 Å². The molecule has 1 aliphatic heterocycles. The third kappa shape index (κ3) is 0.929. The number of hydrogen-bond acceptors (Lipinski definition) is 3. The molecule has 0 unspecified atom stereocenters. The molecule has 0 spiro atoms. The molecule has 1 aliphatic rings. The molecular formula is C8H8O3S. The summed E-state index contributed by atoms with van der Waals surface area (Å²) >= 11 is 0. The minimum absolute atomic E-state index is 0.0845. The lowest BCUT2D eigenvalue weighted by molar-refractivity contribution is 0.469. The molecule has 1 aromatic carbocycles. The van der Waals surface area contributed by atoms with Gasteiger partial charge in [0.1, 0.15) is 5.75 Å². The second-order valence-corrected chi connectivity index (χ2v) is 4.48. The number of phenols is 1. The Kier molecular flexibility index (Phi) is 1.44. The SMILES string of the molecule is Oc1cccc2c1C=CS2(O)O. The average Bonchev–Trinajstić information content (AvgIpc) is 2.30. The van der Waals surface area contributed by atoms with Crippen molar-refractivity contribution in [3.63, 3.8) is 0 Å². The molecule has 64 valence electrons. The molecular weight excluding hydrogens is 176 g/mol. The van der Waals surface area contributed by atoms with E-state index in [0.29, 0.717) is 10.5 Å². The maximum absolute atomic E-state index is 9.41. The van der Waals surface area contributed by atoms with Gasteiger partial charge < -0.3 is 5.11 Å². The van der Waals surface area contributed by atoms with E-state index < -0.39 is 10.6 Å². The van der Waals surface area contributed by atoms with E-state index in [-0.39, 0.29) is 5.75 Å². The Hall–Kier alpha value is -0.970. The van der Waals surface area contributed by atoms with Gasteiger partial charge in [-0.2, -0.15) is 0 Å². The number of fused-ring (bicyclic) bond motifs is 1. The van der Waals surface area contributed by atoms with E-state index in [1.807, 2.05) is 0 Å². The molecule has 4 heteroatoms. The van der Waals surface area contributed by atoms with Crippen molar-refractivity contribution in [2.24, 2.45) is 0 Å². The summed E-state index contributed by atoms with van der Waals surface area (Å²) in [6, 6.07) is 4.71. The summed E-state index contributed by atoms with van der Waals surface area (Å²) in [5.74, 6) is 0.0845. The zero-order chi connectivity index (χ0) is 8.77. The van der Waals surface area contributed by atoms with Gasteiger partial charge in [-0.3, -0.25) is 9.11 Å². The van der Waals surface area contributed by atoms with Crippen molar-refractivity contribution in [3.8, 4) is 5.75 Å². The van der Waals surface area contributed by atoms with Crippen LogP contribution in [0.15, 0.2) is 28.5 Å². The number of benzene rings is 1. The molecule has 1 heterocycles. The lowest BCUT2D eigenvalue weighted by atomic mass is 10.2. The molecule has 0 saturated carbocycles. The molecule has 0 radical (unpaired) electrons. The van der Waals surface area contributed by atoms with E-state index in [2.05, 4.69) is 0 Å². The summed E-state index contributed by atoms with van der Waals surface area (Å²) in [4.78, 5) is 0.405. The second kappa shape index (κ2) is 2.26. The first-order valence-corrected chi connectivity index (χ1v) is 5.00. The Morgan fingerprint density at radius 1 is 1.17 bits per heavy atom. The fourth-order valence-corrected chi connectivity index (χ4v) is 2.45. The molecule has 0 bridgehead atoms. The van der Waals surface area contributed by atoms with Gasteiger partial charge in [0.15, 0.2) is 0 Å². The van der Waals surface area contributed by atoms with Gasteiger partial charge in [0.2, 0.25) is 0 Å². The van der Waals surface area contributed by atoms with Gasteiger partial charge in [0.05, 0.1) is 4.90 Å². The smallest absolute Gasteiger partial charge is 0.124 e. The quantitative estimate of drug-likeness (QED) is 0.580. The number of hydrogen-bond donors (Lipinski definition) is 3. The highest BCUT2D eigenvalue weighted by molar-refractivity contribution is 8.27. The van der Waals surface area contributed by atoms with Crippen LogP contribution < -0.4 is 0 Å². The lowest BCUT2D eigenvalue weighted by Gasteiger charge is -2.25. The molecule has 0 aliphatic carbocycles. The molecule has 3 nitrogen and oxygen atoms in total. The monoisotopic (exact) mass is 184 g/mol. The normalized spacial score (nSPS) is 20.5. The van der Waals surface area contributed by atoms with Gasteiger partial charge in [-0.15, -0.1) is 10.6 Å². The van der Waals surface area contributed by atoms with Crippen LogP contribution in [0.25, 0.3) is 6.08 Å². The molecule has 1 aromatic rings. The largest absolute Gasteiger partial charge is 0.507 e. The minimum Gasteiger partial charge on any atom is -0.507 e. The number of phenolic OH excluding ortho intramolecular Hbond substituents is 1. The third-order valence-electron chi connectivity index (χ3n) is 1.79. The summed E-state index contributed by atoms with van der Waals surface area (Å²) in [7, 11) is -2.77. The summed E-state index contributed by atoms with van der Waals surface area (Å²) < 4.78 is 18.8. The van der Waals surface area contributed by atoms with Crippen LogP contribution in [-0.4, -0.2) is 14.2 Å². The highest BCUT2D eigenvalue weighted by Crippen LogP contribution is 2.57. The molecule has 3 N–H and O–H groups in total. The van der Waals surface area contributed by atoms with Crippen LogP contribution >= 0.6 is 10.6 Å². The molecule has 0 amide bonds. The van der Waals surface area contributed by atoms with Crippen molar-refractivity contribution < 1.29 is 14.2 Å². The third-order valence-corrected chi connectivity index (χ3v) is 3.31. The van der Waals surface area contributed by atoms with E-state index >= 15 is 0 Å². The first kappa shape index (κ1) is 7.67. The maximum atomic E-state index is 9.41. The fraction of sp³-hybridized carbons (Fsp3) is 0. The van der Waals surface area contributed by atoms with Crippen LogP contribution in [0, 0.1) is 0 Å². The van der Waals surface area contributed by atoms with Crippen molar-refractivity contribution in [2.45, 2.75) is 4.90 Å². The van der Waals surface area contributed by atoms with Crippen molar-refractivity contribution in [1.82, 2.24) is 0 Å². The van der Waals surface area contributed by atoms with Crippen molar-refractivity contribution in [3.05, 3.63) is 29.2 Å². The minimum atomic E-state index is -2.77. The van der Waals surface area contributed by atoms with Crippen LogP contribution in [-0.2, 0) is 0 Å². The van der Waals surface area contributed by atoms with E-state index in [4.69, 9.17) is 0 Å². The highest BCUT2D eigenvalue weighted by Gasteiger charge is 2.22. The molecule has 12 heavy (non-hydrogen) atoms. The van der Waals surface area contributed by atoms with E-state index in [1.165, 1.54) is 17.6 Å². The summed E-state index contributed by atoms with van der Waals surface area (Å²) in [5, 5.41) is 10.6. The zero-order valence-electron chi connectivity index (χ0n) is 6.14. The molecule has 2 rings (SSSR count). The van der Waals surface area contributed by atoms with Crippen LogP contribution in [0.5, 0.6) is 5.75 Å². The van der Waals surface area contributed by atoms with E-state index in [9.17, 15) is 14.2 Å². The zero-order valence-corrected chi connectivity index (χ0v) is 6.95. The lowest BCUT2D eigenvalue weighted by Crippen LogP contribution is -1.90. The number of rotatable bonds is 0.